The summed E-state index contributed by atoms with van der Waals surface area (Å²) in [6, 6.07) is 17.2. The van der Waals surface area contributed by atoms with E-state index < -0.39 is 5.41 Å². The summed E-state index contributed by atoms with van der Waals surface area (Å²) in [7, 11) is 0. The first-order valence-corrected chi connectivity index (χ1v) is 8.86. The maximum Gasteiger partial charge on any atom is 0.0713 e. The van der Waals surface area contributed by atoms with Crippen LogP contribution in [0.2, 0.25) is 0 Å². The molecule has 2 aromatic carbocycles. The Morgan fingerprint density at radius 3 is 1.73 bits per heavy atom. The van der Waals surface area contributed by atoms with Crippen LogP contribution in [0, 0.1) is 0 Å². The molecular weight excluding hydrogens is 312 g/mol. The minimum atomic E-state index is -0.440. The highest BCUT2D eigenvalue weighted by molar-refractivity contribution is 5.87. The van der Waals surface area contributed by atoms with Gasteiger partial charge in [0.25, 0.3) is 0 Å². The lowest BCUT2D eigenvalue weighted by Gasteiger charge is -2.35. The lowest BCUT2D eigenvalue weighted by Crippen LogP contribution is -2.29. The van der Waals surface area contributed by atoms with Gasteiger partial charge in [-0.05, 0) is 40.3 Å². The average Bonchev–Trinajstić information content (AvgIpc) is 2.98. The molecule has 0 atom stereocenters. The number of rotatable bonds is 6. The third kappa shape index (κ3) is 2.46. The van der Waals surface area contributed by atoms with Gasteiger partial charge < -0.3 is 0 Å². The number of benzene rings is 2. The van der Waals surface area contributed by atoms with Crippen LogP contribution in [0.15, 0.2) is 122 Å². The normalized spacial score (nSPS) is 15.4. The Bertz CT molecular complexity index is 902. The molecule has 0 bridgehead atoms. The van der Waals surface area contributed by atoms with Crippen molar-refractivity contribution < 1.29 is 0 Å². The quantitative estimate of drug-likeness (QED) is 0.501. The van der Waals surface area contributed by atoms with Crippen LogP contribution in [0.25, 0.3) is 11.1 Å². The second kappa shape index (κ2) is 7.41. The van der Waals surface area contributed by atoms with Gasteiger partial charge in [-0.2, -0.15) is 0 Å². The molecule has 0 nitrogen and oxygen atoms in total. The second-order valence-corrected chi connectivity index (χ2v) is 6.25. The topological polar surface area (TPSA) is 0 Å². The van der Waals surface area contributed by atoms with Gasteiger partial charge in [-0.25, -0.2) is 0 Å². The minimum Gasteiger partial charge on any atom is -0.0991 e. The zero-order chi connectivity index (χ0) is 18.6. The molecule has 0 radical (unpaired) electrons. The number of hydrogen-bond donors (Lipinski definition) is 0. The van der Waals surface area contributed by atoms with Crippen molar-refractivity contribution >= 4 is 0 Å². The molecule has 0 heteroatoms. The molecule has 0 spiro atoms. The molecule has 0 saturated carbocycles. The Morgan fingerprint density at radius 2 is 1.27 bits per heavy atom. The summed E-state index contributed by atoms with van der Waals surface area (Å²) >= 11 is 0. The molecule has 0 N–H and O–H groups in total. The molecule has 0 saturated heterocycles. The van der Waals surface area contributed by atoms with E-state index in [1.807, 2.05) is 31.2 Å². The van der Waals surface area contributed by atoms with Gasteiger partial charge in [-0.1, -0.05) is 111 Å². The third-order valence-corrected chi connectivity index (χ3v) is 5.02. The van der Waals surface area contributed by atoms with Crippen LogP contribution in [0.5, 0.6) is 0 Å². The summed E-state index contributed by atoms with van der Waals surface area (Å²) in [5.74, 6) is 0. The molecular formula is C26H24. The Kier molecular flexibility index (Phi) is 5.04. The van der Waals surface area contributed by atoms with Gasteiger partial charge in [0.2, 0.25) is 0 Å². The SMILES string of the molecule is C=C/C=C(\C=C)C1(/C(C=C)=C/C=C\C)c2ccccc2-c2ccccc21. The molecule has 3 rings (SSSR count). The van der Waals surface area contributed by atoms with E-state index in [-0.39, 0.29) is 0 Å². The van der Waals surface area contributed by atoms with Crippen LogP contribution in [0.3, 0.4) is 0 Å². The predicted molar refractivity (Wildman–Crippen MR) is 114 cm³/mol. The molecule has 1 aliphatic carbocycles. The van der Waals surface area contributed by atoms with E-state index in [1.165, 1.54) is 22.3 Å². The fraction of sp³-hybridized carbons (Fsp3) is 0.0769. The summed E-state index contributed by atoms with van der Waals surface area (Å²) in [5, 5.41) is 0. The summed E-state index contributed by atoms with van der Waals surface area (Å²) in [4.78, 5) is 0. The molecule has 0 fully saturated rings. The Balaban J connectivity index is 2.53. The van der Waals surface area contributed by atoms with Crippen molar-refractivity contribution in [3.05, 3.63) is 133 Å². The first-order chi connectivity index (χ1) is 12.7. The van der Waals surface area contributed by atoms with Crippen LogP contribution in [0.1, 0.15) is 18.1 Å². The Hall–Kier alpha value is -3.12. The van der Waals surface area contributed by atoms with Gasteiger partial charge >= 0.3 is 0 Å². The van der Waals surface area contributed by atoms with Crippen molar-refractivity contribution in [2.45, 2.75) is 12.3 Å². The standard InChI is InChI=1S/C26H24/c1-5-9-15-21(8-4)26(20(7-3)14-6-2)24-18-12-10-16-22(24)23-17-11-13-19-25(23)26/h5-19H,2-4H2,1H3/b9-5-,20-14+,21-15+. The van der Waals surface area contributed by atoms with E-state index in [4.69, 9.17) is 0 Å². The average molecular weight is 336 g/mol. The summed E-state index contributed by atoms with van der Waals surface area (Å²) < 4.78 is 0. The highest BCUT2D eigenvalue weighted by Crippen LogP contribution is 2.56. The third-order valence-electron chi connectivity index (χ3n) is 5.02. The van der Waals surface area contributed by atoms with Crippen LogP contribution < -0.4 is 0 Å². The van der Waals surface area contributed by atoms with E-state index in [0.717, 1.165) is 11.1 Å². The molecule has 26 heavy (non-hydrogen) atoms. The number of allylic oxidation sites excluding steroid dienone is 9. The summed E-state index contributed by atoms with van der Waals surface area (Å²) in [5.41, 5.74) is 6.81. The van der Waals surface area contributed by atoms with Crippen molar-refractivity contribution in [1.29, 1.82) is 0 Å². The van der Waals surface area contributed by atoms with Crippen molar-refractivity contribution in [3.8, 4) is 11.1 Å². The van der Waals surface area contributed by atoms with Crippen LogP contribution in [0.4, 0.5) is 0 Å². The second-order valence-electron chi connectivity index (χ2n) is 6.25. The molecule has 0 heterocycles. The molecule has 0 unspecified atom stereocenters. The lowest BCUT2D eigenvalue weighted by molar-refractivity contribution is 0.766. The fourth-order valence-corrected chi connectivity index (χ4v) is 4.04. The monoisotopic (exact) mass is 336 g/mol. The Labute approximate surface area is 156 Å². The molecule has 1 aliphatic rings. The van der Waals surface area contributed by atoms with Gasteiger partial charge in [-0.3, -0.25) is 0 Å². The van der Waals surface area contributed by atoms with E-state index in [0.29, 0.717) is 0 Å². The molecule has 0 amide bonds. The number of hydrogen-bond acceptors (Lipinski definition) is 0. The van der Waals surface area contributed by atoms with E-state index in [1.54, 1.807) is 0 Å². The van der Waals surface area contributed by atoms with Crippen LogP contribution in [-0.2, 0) is 5.41 Å². The first-order valence-electron chi connectivity index (χ1n) is 8.86. The van der Waals surface area contributed by atoms with Gasteiger partial charge in [0, 0.05) is 0 Å². The van der Waals surface area contributed by atoms with Crippen LogP contribution >= 0.6 is 0 Å². The maximum atomic E-state index is 4.14. The largest absolute Gasteiger partial charge is 0.0991 e. The lowest BCUT2D eigenvalue weighted by atomic mass is 9.66. The van der Waals surface area contributed by atoms with E-state index in [2.05, 4.69) is 86.5 Å². The first kappa shape index (κ1) is 17.7. The minimum absolute atomic E-state index is 0.440. The predicted octanol–water partition coefficient (Wildman–Crippen LogP) is 6.94. The van der Waals surface area contributed by atoms with E-state index in [9.17, 15) is 0 Å². The zero-order valence-electron chi connectivity index (χ0n) is 15.3. The van der Waals surface area contributed by atoms with Crippen molar-refractivity contribution in [2.24, 2.45) is 0 Å². The molecule has 0 aliphatic heterocycles. The van der Waals surface area contributed by atoms with Gasteiger partial charge in [0.1, 0.15) is 0 Å². The van der Waals surface area contributed by atoms with Crippen molar-refractivity contribution in [1.82, 2.24) is 0 Å². The summed E-state index contributed by atoms with van der Waals surface area (Å²) in [6.07, 6.45) is 14.0. The highest BCUT2D eigenvalue weighted by Gasteiger charge is 2.46. The van der Waals surface area contributed by atoms with Gasteiger partial charge in [0.05, 0.1) is 5.41 Å². The Morgan fingerprint density at radius 1 is 0.769 bits per heavy atom. The highest BCUT2D eigenvalue weighted by atomic mass is 14.5. The van der Waals surface area contributed by atoms with E-state index >= 15 is 0 Å². The zero-order valence-corrected chi connectivity index (χ0v) is 15.3. The van der Waals surface area contributed by atoms with Crippen molar-refractivity contribution in [3.63, 3.8) is 0 Å². The fourth-order valence-electron chi connectivity index (χ4n) is 4.04. The smallest absolute Gasteiger partial charge is 0.0713 e. The van der Waals surface area contributed by atoms with Gasteiger partial charge in [0.15, 0.2) is 0 Å². The molecule has 128 valence electrons. The molecule has 0 aromatic heterocycles. The molecule has 2 aromatic rings. The summed E-state index contributed by atoms with van der Waals surface area (Å²) in [6.45, 7) is 14.2. The van der Waals surface area contributed by atoms with Crippen molar-refractivity contribution in [2.75, 3.05) is 0 Å². The number of fused-ring (bicyclic) bond motifs is 3. The maximum absolute atomic E-state index is 4.14. The van der Waals surface area contributed by atoms with Crippen LogP contribution in [-0.4, -0.2) is 0 Å². The van der Waals surface area contributed by atoms with Gasteiger partial charge in [-0.15, -0.1) is 0 Å².